The van der Waals surface area contributed by atoms with Gasteiger partial charge in [0.25, 0.3) is 0 Å². The van der Waals surface area contributed by atoms with Crippen molar-refractivity contribution in [3.05, 3.63) is 84.1 Å². The molecule has 0 fully saturated rings. The Kier molecular flexibility index (Phi) is 6.01. The van der Waals surface area contributed by atoms with Gasteiger partial charge < -0.3 is 14.5 Å². The van der Waals surface area contributed by atoms with Crippen LogP contribution in [0.25, 0.3) is 0 Å². The maximum Gasteiger partial charge on any atom is 0.305 e. The Morgan fingerprint density at radius 3 is 2.48 bits per heavy atom. The van der Waals surface area contributed by atoms with Crippen molar-refractivity contribution in [2.45, 2.75) is 6.61 Å². The van der Waals surface area contributed by atoms with Crippen molar-refractivity contribution < 1.29 is 18.3 Å². The third kappa shape index (κ3) is 5.55. The van der Waals surface area contributed by atoms with Crippen molar-refractivity contribution in [3.63, 3.8) is 0 Å². The lowest BCUT2D eigenvalue weighted by Crippen LogP contribution is -2.43. The topological polar surface area (TPSA) is 75.5 Å². The molecule has 0 aliphatic carbocycles. The van der Waals surface area contributed by atoms with Crippen molar-refractivity contribution in [3.8, 4) is 5.75 Å². The van der Waals surface area contributed by atoms with E-state index in [9.17, 15) is 9.18 Å². The van der Waals surface area contributed by atoms with Crippen LogP contribution in [0.3, 0.4) is 0 Å². The zero-order valence-corrected chi connectivity index (χ0v) is 14.9. The summed E-state index contributed by atoms with van der Waals surface area (Å²) in [6.45, 7) is 0.204. The number of hydrogen-bond acceptors (Lipinski definition) is 4. The van der Waals surface area contributed by atoms with Crippen molar-refractivity contribution in [2.75, 3.05) is 5.32 Å². The molecule has 3 rings (SSSR count). The molecule has 0 bridgehead atoms. The predicted molar refractivity (Wildman–Crippen MR) is 103 cm³/mol. The minimum absolute atomic E-state index is 0.110. The number of hydrogen-bond donors (Lipinski definition) is 3. The highest BCUT2D eigenvalue weighted by Crippen LogP contribution is 2.14. The van der Waals surface area contributed by atoms with E-state index >= 15 is 0 Å². The second-order valence-corrected chi connectivity index (χ2v) is 5.82. The highest BCUT2D eigenvalue weighted by molar-refractivity contribution is 7.80. The smallest absolute Gasteiger partial charge is 0.305 e. The van der Waals surface area contributed by atoms with Crippen molar-refractivity contribution in [2.24, 2.45) is 0 Å². The van der Waals surface area contributed by atoms with Crippen LogP contribution in [0.5, 0.6) is 5.75 Å². The van der Waals surface area contributed by atoms with Crippen LogP contribution in [0.2, 0.25) is 0 Å². The molecule has 0 spiro atoms. The lowest BCUT2D eigenvalue weighted by molar-refractivity contribution is 0.0912. The first-order valence-corrected chi connectivity index (χ1v) is 8.40. The van der Waals surface area contributed by atoms with Crippen LogP contribution in [0.4, 0.5) is 10.1 Å². The normalized spacial score (nSPS) is 10.1. The molecule has 6 nitrogen and oxygen atoms in total. The van der Waals surface area contributed by atoms with Crippen molar-refractivity contribution >= 4 is 28.9 Å². The molecule has 1 heterocycles. The molecule has 0 unspecified atom stereocenters. The molecular weight excluding hydrogens is 369 g/mol. The van der Waals surface area contributed by atoms with Gasteiger partial charge in [-0.25, -0.2) is 4.39 Å². The lowest BCUT2D eigenvalue weighted by atomic mass is 10.3. The SMILES string of the molecule is O=C(NNC(=S)Nc1ccc(F)cc1)c1ccc(COc2ccccc2)o1. The quantitative estimate of drug-likeness (QED) is 0.460. The average Bonchev–Trinajstić information content (AvgIpc) is 3.16. The third-order valence-electron chi connectivity index (χ3n) is 3.40. The van der Waals surface area contributed by atoms with Gasteiger partial charge in [-0.15, -0.1) is 0 Å². The lowest BCUT2D eigenvalue weighted by Gasteiger charge is -2.10. The highest BCUT2D eigenvalue weighted by atomic mass is 32.1. The maximum absolute atomic E-state index is 12.9. The van der Waals surface area contributed by atoms with Crippen LogP contribution in [-0.2, 0) is 6.61 Å². The number of furan rings is 1. The third-order valence-corrected chi connectivity index (χ3v) is 3.61. The predicted octanol–water partition coefficient (Wildman–Crippen LogP) is 3.63. The summed E-state index contributed by atoms with van der Waals surface area (Å²) in [5.41, 5.74) is 5.55. The number of ether oxygens (including phenoxy) is 1. The molecule has 0 aliphatic heterocycles. The Bertz CT molecular complexity index is 913. The summed E-state index contributed by atoms with van der Waals surface area (Å²) in [5.74, 6) is 0.482. The molecule has 138 valence electrons. The van der Waals surface area contributed by atoms with E-state index < -0.39 is 5.91 Å². The number of nitrogens with one attached hydrogen (secondary N) is 3. The minimum Gasteiger partial charge on any atom is -0.486 e. The summed E-state index contributed by atoms with van der Waals surface area (Å²) in [6, 6.07) is 18.1. The van der Waals surface area contributed by atoms with Gasteiger partial charge in [-0.05, 0) is 60.7 Å². The van der Waals surface area contributed by atoms with Gasteiger partial charge in [0.15, 0.2) is 10.9 Å². The maximum atomic E-state index is 12.9. The van der Waals surface area contributed by atoms with Gasteiger partial charge in [0.2, 0.25) is 0 Å². The number of hydrazine groups is 1. The first-order chi connectivity index (χ1) is 13.1. The summed E-state index contributed by atoms with van der Waals surface area (Å²) in [7, 11) is 0. The van der Waals surface area contributed by atoms with E-state index in [-0.39, 0.29) is 23.3 Å². The van der Waals surface area contributed by atoms with Gasteiger partial charge >= 0.3 is 5.91 Å². The molecule has 8 heteroatoms. The molecule has 0 saturated carbocycles. The van der Waals surface area contributed by atoms with Gasteiger partial charge in [-0.1, -0.05) is 18.2 Å². The molecule has 3 N–H and O–H groups in total. The number of benzene rings is 2. The Balaban J connectivity index is 1.46. The Labute approximate surface area is 160 Å². The number of para-hydroxylation sites is 1. The number of halogens is 1. The molecule has 1 aromatic heterocycles. The van der Waals surface area contributed by atoms with Crippen LogP contribution < -0.4 is 20.9 Å². The van der Waals surface area contributed by atoms with Gasteiger partial charge in [-0.2, -0.15) is 0 Å². The van der Waals surface area contributed by atoms with E-state index in [0.717, 1.165) is 0 Å². The number of carbonyl (C=O) groups excluding carboxylic acids is 1. The summed E-state index contributed by atoms with van der Waals surface area (Å²) >= 11 is 5.06. The van der Waals surface area contributed by atoms with Gasteiger partial charge in [0.05, 0.1) is 0 Å². The zero-order chi connectivity index (χ0) is 19.1. The average molecular weight is 385 g/mol. The molecule has 3 aromatic rings. The molecule has 0 radical (unpaired) electrons. The number of amides is 1. The molecule has 2 aromatic carbocycles. The van der Waals surface area contributed by atoms with Crippen molar-refractivity contribution in [1.82, 2.24) is 10.9 Å². The van der Waals surface area contributed by atoms with E-state index in [2.05, 4.69) is 16.2 Å². The van der Waals surface area contributed by atoms with Crippen LogP contribution in [0.1, 0.15) is 16.3 Å². The second-order valence-electron chi connectivity index (χ2n) is 5.41. The molecule has 0 aliphatic rings. The zero-order valence-electron chi connectivity index (χ0n) is 14.1. The second kappa shape index (κ2) is 8.81. The molecular formula is C19H16FN3O3S. The fourth-order valence-corrected chi connectivity index (χ4v) is 2.29. The number of anilines is 1. The van der Waals surface area contributed by atoms with Crippen LogP contribution in [0.15, 0.2) is 71.1 Å². The van der Waals surface area contributed by atoms with E-state index in [1.165, 1.54) is 30.3 Å². The van der Waals surface area contributed by atoms with Gasteiger partial charge in [-0.3, -0.25) is 15.6 Å². The fourth-order valence-electron chi connectivity index (χ4n) is 2.12. The monoisotopic (exact) mass is 385 g/mol. The van der Waals surface area contributed by atoms with Gasteiger partial charge in [0, 0.05) is 5.69 Å². The highest BCUT2D eigenvalue weighted by Gasteiger charge is 2.12. The number of rotatable bonds is 5. The molecule has 27 heavy (non-hydrogen) atoms. The number of carbonyl (C=O) groups is 1. The van der Waals surface area contributed by atoms with E-state index in [1.54, 1.807) is 6.07 Å². The summed E-state index contributed by atoms with van der Waals surface area (Å²) in [6.07, 6.45) is 0. The molecule has 0 atom stereocenters. The summed E-state index contributed by atoms with van der Waals surface area (Å²) in [4.78, 5) is 12.1. The fraction of sp³-hybridized carbons (Fsp3) is 0.0526. The van der Waals surface area contributed by atoms with Gasteiger partial charge in [0.1, 0.15) is 23.9 Å². The summed E-state index contributed by atoms with van der Waals surface area (Å²) < 4.78 is 23.9. The Morgan fingerprint density at radius 2 is 1.74 bits per heavy atom. The van der Waals surface area contributed by atoms with Crippen LogP contribution >= 0.6 is 12.2 Å². The summed E-state index contributed by atoms with van der Waals surface area (Å²) in [5, 5.41) is 2.96. The van der Waals surface area contributed by atoms with Crippen LogP contribution in [-0.4, -0.2) is 11.0 Å². The standard InChI is InChI=1S/C19H16FN3O3S/c20-13-6-8-14(9-7-13)21-19(27)23-22-18(24)17-11-10-16(26-17)12-25-15-4-2-1-3-5-15/h1-11H,12H2,(H,22,24)(H2,21,23,27). The van der Waals surface area contributed by atoms with E-state index in [1.807, 2.05) is 30.3 Å². The van der Waals surface area contributed by atoms with E-state index in [0.29, 0.717) is 17.2 Å². The first-order valence-electron chi connectivity index (χ1n) is 7.99. The largest absolute Gasteiger partial charge is 0.486 e. The van der Waals surface area contributed by atoms with Crippen molar-refractivity contribution in [1.29, 1.82) is 0 Å². The Hall–Kier alpha value is -3.39. The molecule has 1 amide bonds. The first kappa shape index (κ1) is 18.4. The van der Waals surface area contributed by atoms with Crippen LogP contribution in [0, 0.1) is 5.82 Å². The Morgan fingerprint density at radius 1 is 1.00 bits per heavy atom. The minimum atomic E-state index is -0.496. The number of thiocarbonyl (C=S) groups is 1. The molecule has 0 saturated heterocycles. The van der Waals surface area contributed by atoms with E-state index in [4.69, 9.17) is 21.4 Å².